The van der Waals surface area contributed by atoms with Gasteiger partial charge in [-0.15, -0.1) is 0 Å². The molecule has 1 amide bonds. The first kappa shape index (κ1) is 21.1. The number of rotatable bonds is 6. The highest BCUT2D eigenvalue weighted by atomic mass is 19.4. The van der Waals surface area contributed by atoms with Crippen LogP contribution in [0.5, 0.6) is 0 Å². The Kier molecular flexibility index (Phi) is 7.06. The predicted octanol–water partition coefficient (Wildman–Crippen LogP) is 1.14. The lowest BCUT2D eigenvalue weighted by Crippen LogP contribution is -3.28. The van der Waals surface area contributed by atoms with Gasteiger partial charge in [0.1, 0.15) is 26.2 Å². The van der Waals surface area contributed by atoms with Gasteiger partial charge in [-0.25, -0.2) is 0 Å². The minimum Gasteiger partial charge on any atom is -0.322 e. The van der Waals surface area contributed by atoms with Crippen molar-refractivity contribution in [2.75, 3.05) is 44.6 Å². The summed E-state index contributed by atoms with van der Waals surface area (Å²) in [5.41, 5.74) is 0.602. The van der Waals surface area contributed by atoms with Crippen LogP contribution >= 0.6 is 0 Å². The third-order valence-electron chi connectivity index (χ3n) is 5.06. The van der Waals surface area contributed by atoms with Gasteiger partial charge in [0.25, 0.3) is 5.91 Å². The summed E-state index contributed by atoms with van der Waals surface area (Å²) in [6, 6.07) is 14.9. The van der Waals surface area contributed by atoms with E-state index < -0.39 is 11.7 Å². The molecule has 1 heterocycles. The van der Waals surface area contributed by atoms with Crippen molar-refractivity contribution in [3.63, 3.8) is 0 Å². The summed E-state index contributed by atoms with van der Waals surface area (Å²) in [4.78, 5) is 14.9. The number of hydrogen-bond donors (Lipinski definition) is 3. The molecule has 0 saturated carbocycles. The van der Waals surface area contributed by atoms with Crippen LogP contribution in [0.1, 0.15) is 11.1 Å². The van der Waals surface area contributed by atoms with Crippen LogP contribution in [0.25, 0.3) is 6.08 Å². The van der Waals surface area contributed by atoms with E-state index in [0.29, 0.717) is 0 Å². The molecule has 0 unspecified atom stereocenters. The van der Waals surface area contributed by atoms with Crippen LogP contribution in [-0.2, 0) is 11.0 Å². The van der Waals surface area contributed by atoms with E-state index in [0.717, 1.165) is 49.8 Å². The van der Waals surface area contributed by atoms with Gasteiger partial charge in [-0.2, -0.15) is 13.2 Å². The number of benzene rings is 2. The van der Waals surface area contributed by atoms with Crippen LogP contribution in [0.4, 0.5) is 18.9 Å². The predicted molar refractivity (Wildman–Crippen MR) is 107 cm³/mol. The molecule has 0 bridgehead atoms. The van der Waals surface area contributed by atoms with Crippen molar-refractivity contribution in [2.24, 2.45) is 0 Å². The number of nitrogens with one attached hydrogen (secondary N) is 3. The molecule has 3 rings (SSSR count). The fraction of sp³-hybridized carbons (Fsp3) is 0.318. The van der Waals surface area contributed by atoms with Crippen LogP contribution in [-0.4, -0.2) is 45.2 Å². The van der Waals surface area contributed by atoms with Gasteiger partial charge in [0.15, 0.2) is 6.54 Å². The molecule has 0 spiro atoms. The first-order valence-electron chi connectivity index (χ1n) is 9.76. The molecule has 1 aliphatic rings. The standard InChI is InChI=1S/C22H24F3N3O/c23-22(24,25)19-9-4-10-20(16-19)26-21(29)17-28-14-12-27(13-15-28)11-5-8-18-6-2-1-3-7-18/h1-10,16H,11-15,17H2,(H,26,29)/p+2/b8-5+. The van der Waals surface area contributed by atoms with E-state index in [9.17, 15) is 18.0 Å². The number of carbonyl (C=O) groups excluding carboxylic acids is 1. The summed E-state index contributed by atoms with van der Waals surface area (Å²) in [6.07, 6.45) is -0.120. The molecule has 0 radical (unpaired) electrons. The van der Waals surface area contributed by atoms with Crippen molar-refractivity contribution < 1.29 is 27.8 Å². The number of amides is 1. The Morgan fingerprint density at radius 2 is 1.66 bits per heavy atom. The number of alkyl halides is 3. The molecule has 1 fully saturated rings. The summed E-state index contributed by atoms with van der Waals surface area (Å²) in [5, 5.41) is 2.59. The van der Waals surface area contributed by atoms with Crippen LogP contribution in [0.2, 0.25) is 0 Å². The summed E-state index contributed by atoms with van der Waals surface area (Å²) in [5.74, 6) is -0.258. The van der Waals surface area contributed by atoms with E-state index in [-0.39, 0.29) is 18.1 Å². The quantitative estimate of drug-likeness (QED) is 0.663. The minimum atomic E-state index is -4.42. The molecule has 0 aliphatic carbocycles. The lowest BCUT2D eigenvalue weighted by atomic mass is 10.2. The average molecular weight is 405 g/mol. The molecule has 1 saturated heterocycles. The Hall–Kier alpha value is -2.64. The maximum absolute atomic E-state index is 12.8. The molecule has 3 N–H and O–H groups in total. The van der Waals surface area contributed by atoms with Crippen molar-refractivity contribution >= 4 is 17.7 Å². The third-order valence-corrected chi connectivity index (χ3v) is 5.06. The Morgan fingerprint density at radius 3 is 2.34 bits per heavy atom. The van der Waals surface area contributed by atoms with Gasteiger partial charge in [-0.3, -0.25) is 4.79 Å². The number of hydrogen-bond acceptors (Lipinski definition) is 1. The molecule has 2 aromatic rings. The van der Waals surface area contributed by atoms with Crippen molar-refractivity contribution in [3.05, 3.63) is 71.8 Å². The SMILES string of the molecule is O=C(C[NH+]1CC[NH+](C/C=C/c2ccccc2)CC1)Nc1cccc(C(F)(F)F)c1. The number of anilines is 1. The zero-order chi connectivity index (χ0) is 20.7. The van der Waals surface area contributed by atoms with E-state index in [1.54, 1.807) is 0 Å². The zero-order valence-corrected chi connectivity index (χ0v) is 16.1. The highest BCUT2D eigenvalue weighted by molar-refractivity contribution is 5.91. The largest absolute Gasteiger partial charge is 0.416 e. The van der Waals surface area contributed by atoms with E-state index in [2.05, 4.69) is 29.6 Å². The molecule has 7 heteroatoms. The first-order valence-corrected chi connectivity index (χ1v) is 9.76. The molecule has 29 heavy (non-hydrogen) atoms. The van der Waals surface area contributed by atoms with Crippen molar-refractivity contribution in [1.29, 1.82) is 0 Å². The Morgan fingerprint density at radius 1 is 0.966 bits per heavy atom. The van der Waals surface area contributed by atoms with Crippen LogP contribution in [0.15, 0.2) is 60.7 Å². The Labute approximate surface area is 168 Å². The molecule has 2 aromatic carbocycles. The lowest BCUT2D eigenvalue weighted by Gasteiger charge is -2.28. The maximum atomic E-state index is 12.8. The van der Waals surface area contributed by atoms with Crippen molar-refractivity contribution in [2.45, 2.75) is 6.18 Å². The fourth-order valence-electron chi connectivity index (χ4n) is 3.47. The topological polar surface area (TPSA) is 38.0 Å². The van der Waals surface area contributed by atoms with Crippen molar-refractivity contribution in [3.8, 4) is 0 Å². The molecule has 0 atom stereocenters. The lowest BCUT2D eigenvalue weighted by molar-refractivity contribution is -1.01. The van der Waals surface area contributed by atoms with E-state index in [1.165, 1.54) is 22.6 Å². The highest BCUT2D eigenvalue weighted by Crippen LogP contribution is 2.30. The van der Waals surface area contributed by atoms with Crippen molar-refractivity contribution in [1.82, 2.24) is 0 Å². The smallest absolute Gasteiger partial charge is 0.322 e. The van der Waals surface area contributed by atoms with Gasteiger partial charge >= 0.3 is 6.18 Å². The van der Waals surface area contributed by atoms with Gasteiger partial charge in [0.05, 0.1) is 12.1 Å². The number of carbonyl (C=O) groups is 1. The second-order valence-electron chi connectivity index (χ2n) is 7.32. The summed E-state index contributed by atoms with van der Waals surface area (Å²) < 4.78 is 38.3. The average Bonchev–Trinajstić information content (AvgIpc) is 2.70. The minimum absolute atomic E-state index is 0.180. The van der Waals surface area contributed by atoms with Gasteiger partial charge in [-0.05, 0) is 29.8 Å². The molecular formula is C22H26F3N3O+2. The molecule has 154 valence electrons. The van der Waals surface area contributed by atoms with E-state index >= 15 is 0 Å². The molecule has 0 aromatic heterocycles. The normalized spacial score (nSPS) is 20.0. The monoisotopic (exact) mass is 405 g/mol. The molecule has 1 aliphatic heterocycles. The summed E-state index contributed by atoms with van der Waals surface area (Å²) in [6.45, 7) is 4.87. The fourth-order valence-corrected chi connectivity index (χ4v) is 3.47. The molecule has 4 nitrogen and oxygen atoms in total. The van der Waals surface area contributed by atoms with Gasteiger partial charge < -0.3 is 15.1 Å². The third kappa shape index (κ3) is 6.73. The molecular weight excluding hydrogens is 379 g/mol. The van der Waals surface area contributed by atoms with Crippen LogP contribution in [0, 0.1) is 0 Å². The summed E-state index contributed by atoms with van der Waals surface area (Å²) in [7, 11) is 0. The zero-order valence-electron chi connectivity index (χ0n) is 16.1. The van der Waals surface area contributed by atoms with Crippen LogP contribution < -0.4 is 15.1 Å². The Bertz CT molecular complexity index is 829. The van der Waals surface area contributed by atoms with E-state index in [4.69, 9.17) is 0 Å². The van der Waals surface area contributed by atoms with Gasteiger partial charge in [0.2, 0.25) is 0 Å². The first-order chi connectivity index (χ1) is 13.9. The number of piperazine rings is 1. The second kappa shape index (κ2) is 9.71. The second-order valence-corrected chi connectivity index (χ2v) is 7.32. The number of quaternary nitrogens is 2. The van der Waals surface area contributed by atoms with Gasteiger partial charge in [0, 0.05) is 5.69 Å². The number of halogens is 3. The van der Waals surface area contributed by atoms with Crippen LogP contribution in [0.3, 0.4) is 0 Å². The highest BCUT2D eigenvalue weighted by Gasteiger charge is 2.30. The van der Waals surface area contributed by atoms with E-state index in [1.807, 2.05) is 18.2 Å². The van der Waals surface area contributed by atoms with Gasteiger partial charge in [-0.1, -0.05) is 42.5 Å². The Balaban J connectivity index is 1.41. The summed E-state index contributed by atoms with van der Waals surface area (Å²) >= 11 is 0. The maximum Gasteiger partial charge on any atom is 0.416 e.